The van der Waals surface area contributed by atoms with Gasteiger partial charge in [0.1, 0.15) is 0 Å². The molecule has 0 bridgehead atoms. The van der Waals surface area contributed by atoms with Crippen LogP contribution >= 0.6 is 11.8 Å². The van der Waals surface area contributed by atoms with E-state index in [2.05, 4.69) is 44.5 Å². The van der Waals surface area contributed by atoms with Crippen molar-refractivity contribution in [3.05, 3.63) is 53.9 Å². The van der Waals surface area contributed by atoms with Gasteiger partial charge in [0.05, 0.1) is 0 Å². The van der Waals surface area contributed by atoms with Crippen LogP contribution in [0.15, 0.2) is 47.9 Å². The molecule has 2 fully saturated rings. The molecule has 0 aliphatic carbocycles. The highest BCUT2D eigenvalue weighted by atomic mass is 32.2. The average Bonchev–Trinajstić information content (AvgIpc) is 3.01. The molecular formula is C19H22N4OS. The molecule has 0 spiro atoms. The standard InChI is InChI=1S/C19H22N4OS/c24-18-8-16-12-23(7-6-17(16)22-18)11-15-9-20-19(21-10-15)25-13-14-4-2-1-3-5-14/h1-5,9-10,16-17H,6-8,11-13H2,(H,22,24)/t16-,17+/m1/s1. The van der Waals surface area contributed by atoms with Crippen molar-refractivity contribution in [2.24, 2.45) is 5.92 Å². The molecule has 0 saturated carbocycles. The maximum atomic E-state index is 11.5. The quantitative estimate of drug-likeness (QED) is 0.660. The minimum atomic E-state index is 0.208. The Kier molecular flexibility index (Phi) is 4.99. The van der Waals surface area contributed by atoms with Gasteiger partial charge in [0.25, 0.3) is 0 Å². The predicted octanol–water partition coefficient (Wildman–Crippen LogP) is 2.48. The highest BCUT2D eigenvalue weighted by molar-refractivity contribution is 7.98. The molecule has 1 N–H and O–H groups in total. The molecule has 3 heterocycles. The Morgan fingerprint density at radius 2 is 1.96 bits per heavy atom. The van der Waals surface area contributed by atoms with Gasteiger partial charge in [-0.15, -0.1) is 0 Å². The van der Waals surface area contributed by atoms with Crippen LogP contribution in [0.2, 0.25) is 0 Å². The monoisotopic (exact) mass is 354 g/mol. The van der Waals surface area contributed by atoms with E-state index in [1.165, 1.54) is 5.56 Å². The van der Waals surface area contributed by atoms with Gasteiger partial charge in [-0.05, 0) is 12.0 Å². The van der Waals surface area contributed by atoms with Gasteiger partial charge in [0, 0.05) is 61.7 Å². The number of nitrogens with one attached hydrogen (secondary N) is 1. The summed E-state index contributed by atoms with van der Waals surface area (Å²) in [5, 5.41) is 3.90. The third kappa shape index (κ3) is 4.19. The molecule has 6 heteroatoms. The van der Waals surface area contributed by atoms with Gasteiger partial charge < -0.3 is 5.32 Å². The Balaban J connectivity index is 1.29. The summed E-state index contributed by atoms with van der Waals surface area (Å²) in [6.07, 6.45) is 5.59. The second-order valence-electron chi connectivity index (χ2n) is 6.81. The summed E-state index contributed by atoms with van der Waals surface area (Å²) in [7, 11) is 0. The third-order valence-electron chi connectivity index (χ3n) is 4.91. The Labute approximate surface area is 152 Å². The van der Waals surface area contributed by atoms with Gasteiger partial charge in [-0.2, -0.15) is 0 Å². The lowest BCUT2D eigenvalue weighted by atomic mass is 9.93. The topological polar surface area (TPSA) is 58.1 Å². The molecule has 1 aromatic heterocycles. The van der Waals surface area contributed by atoms with Crippen LogP contribution in [-0.2, 0) is 17.1 Å². The number of hydrogen-bond acceptors (Lipinski definition) is 5. The van der Waals surface area contributed by atoms with E-state index in [1.807, 2.05) is 18.5 Å². The first kappa shape index (κ1) is 16.5. The summed E-state index contributed by atoms with van der Waals surface area (Å²) in [4.78, 5) is 22.9. The molecule has 1 aromatic carbocycles. The summed E-state index contributed by atoms with van der Waals surface area (Å²) >= 11 is 1.66. The van der Waals surface area contributed by atoms with Crippen molar-refractivity contribution in [3.63, 3.8) is 0 Å². The lowest BCUT2D eigenvalue weighted by Crippen LogP contribution is -2.44. The van der Waals surface area contributed by atoms with Crippen molar-refractivity contribution in [1.82, 2.24) is 20.2 Å². The second-order valence-corrected chi connectivity index (χ2v) is 7.75. The molecule has 2 saturated heterocycles. The number of fused-ring (bicyclic) bond motifs is 1. The molecule has 2 aromatic rings. The van der Waals surface area contributed by atoms with E-state index < -0.39 is 0 Å². The lowest BCUT2D eigenvalue weighted by molar-refractivity contribution is -0.119. The van der Waals surface area contributed by atoms with E-state index in [-0.39, 0.29) is 5.91 Å². The number of carbonyl (C=O) groups is 1. The van der Waals surface area contributed by atoms with Crippen LogP contribution in [0.5, 0.6) is 0 Å². The van der Waals surface area contributed by atoms with E-state index in [9.17, 15) is 4.79 Å². The Bertz CT molecular complexity index is 722. The molecule has 1 amide bonds. The van der Waals surface area contributed by atoms with E-state index in [0.717, 1.165) is 42.5 Å². The summed E-state index contributed by atoms with van der Waals surface area (Å²) in [5.74, 6) is 1.55. The first-order valence-corrected chi connectivity index (χ1v) is 9.74. The second kappa shape index (κ2) is 7.54. The van der Waals surface area contributed by atoms with Crippen molar-refractivity contribution >= 4 is 17.7 Å². The number of amides is 1. The van der Waals surface area contributed by atoms with Gasteiger partial charge in [0.2, 0.25) is 5.91 Å². The fourth-order valence-corrected chi connectivity index (χ4v) is 4.37. The lowest BCUT2D eigenvalue weighted by Gasteiger charge is -2.34. The molecule has 0 radical (unpaired) electrons. The number of nitrogens with zero attached hydrogens (tertiary/aromatic N) is 3. The fraction of sp³-hybridized carbons (Fsp3) is 0.421. The summed E-state index contributed by atoms with van der Waals surface area (Å²) in [6.45, 7) is 2.86. The number of piperidine rings is 1. The van der Waals surface area contributed by atoms with Gasteiger partial charge in [0.15, 0.2) is 5.16 Å². The Morgan fingerprint density at radius 1 is 1.16 bits per heavy atom. The van der Waals surface area contributed by atoms with Crippen LogP contribution in [0.1, 0.15) is 24.0 Å². The molecule has 5 nitrogen and oxygen atoms in total. The van der Waals surface area contributed by atoms with Gasteiger partial charge >= 0.3 is 0 Å². The highest BCUT2D eigenvalue weighted by Crippen LogP contribution is 2.26. The minimum Gasteiger partial charge on any atom is -0.353 e. The van der Waals surface area contributed by atoms with Gasteiger partial charge in [-0.25, -0.2) is 9.97 Å². The first-order valence-electron chi connectivity index (χ1n) is 8.75. The first-order chi connectivity index (χ1) is 12.3. The number of likely N-dealkylation sites (tertiary alicyclic amines) is 1. The maximum absolute atomic E-state index is 11.5. The van der Waals surface area contributed by atoms with Crippen LogP contribution in [-0.4, -0.2) is 39.9 Å². The van der Waals surface area contributed by atoms with Crippen LogP contribution in [0.4, 0.5) is 0 Å². The summed E-state index contributed by atoms with van der Waals surface area (Å²) < 4.78 is 0. The third-order valence-corrected chi connectivity index (χ3v) is 5.86. The van der Waals surface area contributed by atoms with E-state index in [4.69, 9.17) is 0 Å². The fourth-order valence-electron chi connectivity index (χ4n) is 3.63. The van der Waals surface area contributed by atoms with Crippen LogP contribution < -0.4 is 5.32 Å². The van der Waals surface area contributed by atoms with Crippen LogP contribution in [0, 0.1) is 5.92 Å². The smallest absolute Gasteiger partial charge is 0.220 e. The van der Waals surface area contributed by atoms with Crippen molar-refractivity contribution in [3.8, 4) is 0 Å². The van der Waals surface area contributed by atoms with Crippen molar-refractivity contribution in [2.75, 3.05) is 13.1 Å². The van der Waals surface area contributed by atoms with Crippen molar-refractivity contribution < 1.29 is 4.79 Å². The maximum Gasteiger partial charge on any atom is 0.220 e. The van der Waals surface area contributed by atoms with Crippen molar-refractivity contribution in [2.45, 2.75) is 36.3 Å². The van der Waals surface area contributed by atoms with Crippen LogP contribution in [0.25, 0.3) is 0 Å². The average molecular weight is 354 g/mol. The number of thioether (sulfide) groups is 1. The normalized spacial score (nSPS) is 23.3. The number of benzene rings is 1. The van der Waals surface area contributed by atoms with Crippen LogP contribution in [0.3, 0.4) is 0 Å². The summed E-state index contributed by atoms with van der Waals surface area (Å²) in [6, 6.07) is 10.8. The zero-order valence-electron chi connectivity index (χ0n) is 14.1. The molecule has 2 aliphatic rings. The van der Waals surface area contributed by atoms with Gasteiger partial charge in [-0.1, -0.05) is 42.1 Å². The van der Waals surface area contributed by atoms with Gasteiger partial charge in [-0.3, -0.25) is 9.69 Å². The molecule has 0 unspecified atom stereocenters. The number of aromatic nitrogens is 2. The summed E-state index contributed by atoms with van der Waals surface area (Å²) in [5.41, 5.74) is 2.42. The number of hydrogen-bond donors (Lipinski definition) is 1. The molecular weight excluding hydrogens is 332 g/mol. The molecule has 2 atom stereocenters. The molecule has 25 heavy (non-hydrogen) atoms. The largest absolute Gasteiger partial charge is 0.353 e. The number of rotatable bonds is 5. The Hall–Kier alpha value is -1.92. The van der Waals surface area contributed by atoms with E-state index in [1.54, 1.807) is 11.8 Å². The predicted molar refractivity (Wildman–Crippen MR) is 98.0 cm³/mol. The van der Waals surface area contributed by atoms with E-state index >= 15 is 0 Å². The zero-order valence-corrected chi connectivity index (χ0v) is 14.9. The molecule has 130 valence electrons. The Morgan fingerprint density at radius 3 is 2.76 bits per heavy atom. The SMILES string of the molecule is O=C1C[C@@H]2CN(Cc3cnc(SCc4ccccc4)nc3)CC[C@@H]2N1. The highest BCUT2D eigenvalue weighted by Gasteiger charge is 2.36. The molecule has 2 aliphatic heterocycles. The van der Waals surface area contributed by atoms with E-state index in [0.29, 0.717) is 18.4 Å². The molecule has 4 rings (SSSR count). The zero-order chi connectivity index (χ0) is 17.1. The van der Waals surface area contributed by atoms with Crippen molar-refractivity contribution in [1.29, 1.82) is 0 Å². The number of carbonyl (C=O) groups excluding carboxylic acids is 1. The minimum absolute atomic E-state index is 0.208.